The van der Waals surface area contributed by atoms with Crippen molar-refractivity contribution in [3.63, 3.8) is 0 Å². The molecule has 0 spiro atoms. The summed E-state index contributed by atoms with van der Waals surface area (Å²) in [5.74, 6) is 2.32. The number of aromatic nitrogens is 2. The van der Waals surface area contributed by atoms with E-state index in [0.29, 0.717) is 17.7 Å². The van der Waals surface area contributed by atoms with Crippen molar-refractivity contribution in [3.05, 3.63) is 6.07 Å². The molecule has 0 radical (unpaired) electrons. The molecule has 1 atom stereocenters. The van der Waals surface area contributed by atoms with Crippen LogP contribution in [-0.2, 0) is 0 Å². The molecule has 0 saturated heterocycles. The Bertz CT molecular complexity index is 297. The molecule has 1 aromatic rings. The fourth-order valence-corrected chi connectivity index (χ4v) is 1.95. The zero-order chi connectivity index (χ0) is 11.3. The average molecular weight is 227 g/mol. The van der Waals surface area contributed by atoms with Crippen molar-refractivity contribution in [1.29, 1.82) is 0 Å². The van der Waals surface area contributed by atoms with Crippen LogP contribution < -0.4 is 16.8 Å². The molecule has 0 fully saturated rings. The zero-order valence-electron chi connectivity index (χ0n) is 9.03. The van der Waals surface area contributed by atoms with Crippen LogP contribution in [0.1, 0.15) is 13.3 Å². The molecule has 0 bridgehead atoms. The number of thioether (sulfide) groups is 1. The SMILES string of the molecule is CCC(CSC)Nc1cc(N)nc(N)n1. The van der Waals surface area contributed by atoms with Gasteiger partial charge in [-0.3, -0.25) is 0 Å². The lowest BCUT2D eigenvalue weighted by atomic mass is 10.2. The van der Waals surface area contributed by atoms with Crippen LogP contribution in [0.4, 0.5) is 17.6 Å². The highest BCUT2D eigenvalue weighted by Crippen LogP contribution is 2.13. The van der Waals surface area contributed by atoms with Gasteiger partial charge in [0.2, 0.25) is 5.95 Å². The lowest BCUT2D eigenvalue weighted by molar-refractivity contribution is 0.769. The first-order valence-electron chi connectivity index (χ1n) is 4.81. The van der Waals surface area contributed by atoms with E-state index in [1.165, 1.54) is 0 Å². The molecule has 15 heavy (non-hydrogen) atoms. The molecule has 5 N–H and O–H groups in total. The van der Waals surface area contributed by atoms with Gasteiger partial charge in [0, 0.05) is 17.9 Å². The first kappa shape index (κ1) is 11.9. The fourth-order valence-electron chi connectivity index (χ4n) is 1.23. The number of anilines is 3. The molecule has 0 amide bonds. The highest BCUT2D eigenvalue weighted by atomic mass is 32.2. The van der Waals surface area contributed by atoms with Crippen molar-refractivity contribution < 1.29 is 0 Å². The Balaban J connectivity index is 2.69. The molecule has 1 heterocycles. The molecule has 0 aliphatic carbocycles. The van der Waals surface area contributed by atoms with Gasteiger partial charge >= 0.3 is 0 Å². The van der Waals surface area contributed by atoms with Gasteiger partial charge in [0.05, 0.1) is 0 Å². The number of nitrogens with one attached hydrogen (secondary N) is 1. The predicted octanol–water partition coefficient (Wildman–Crippen LogP) is 1.19. The normalized spacial score (nSPS) is 12.4. The van der Waals surface area contributed by atoms with Crippen LogP contribution in [0, 0.1) is 0 Å². The van der Waals surface area contributed by atoms with Gasteiger partial charge in [-0.25, -0.2) is 0 Å². The second-order valence-corrected chi connectivity index (χ2v) is 4.15. The molecule has 0 aromatic carbocycles. The molecule has 0 aliphatic heterocycles. The number of hydrogen-bond donors (Lipinski definition) is 3. The number of hydrogen-bond acceptors (Lipinski definition) is 6. The first-order valence-corrected chi connectivity index (χ1v) is 6.20. The third kappa shape index (κ3) is 3.83. The van der Waals surface area contributed by atoms with Crippen LogP contribution in [0.15, 0.2) is 6.07 Å². The van der Waals surface area contributed by atoms with Crippen molar-refractivity contribution in [3.8, 4) is 0 Å². The van der Waals surface area contributed by atoms with Crippen LogP contribution >= 0.6 is 11.8 Å². The van der Waals surface area contributed by atoms with Gasteiger partial charge in [0.15, 0.2) is 0 Å². The van der Waals surface area contributed by atoms with E-state index in [0.717, 1.165) is 12.2 Å². The number of nitrogens with two attached hydrogens (primary N) is 2. The highest BCUT2D eigenvalue weighted by Gasteiger charge is 2.07. The Morgan fingerprint density at radius 3 is 2.73 bits per heavy atom. The minimum absolute atomic E-state index is 0.205. The standard InChI is InChI=1S/C9H17N5S/c1-3-6(5-15-2)12-8-4-7(10)13-9(11)14-8/h4,6H,3,5H2,1-2H3,(H5,10,11,12,13,14). The topological polar surface area (TPSA) is 89.8 Å². The summed E-state index contributed by atoms with van der Waals surface area (Å²) in [6, 6.07) is 2.08. The van der Waals surface area contributed by atoms with Crippen LogP contribution in [0.5, 0.6) is 0 Å². The van der Waals surface area contributed by atoms with Crippen molar-refractivity contribution in [2.24, 2.45) is 0 Å². The van der Waals surface area contributed by atoms with E-state index >= 15 is 0 Å². The van der Waals surface area contributed by atoms with Crippen molar-refractivity contribution in [1.82, 2.24) is 9.97 Å². The maximum Gasteiger partial charge on any atom is 0.223 e. The monoisotopic (exact) mass is 227 g/mol. The van der Waals surface area contributed by atoms with Crippen molar-refractivity contribution in [2.45, 2.75) is 19.4 Å². The van der Waals surface area contributed by atoms with Gasteiger partial charge in [-0.05, 0) is 12.7 Å². The maximum absolute atomic E-state index is 5.57. The van der Waals surface area contributed by atoms with Crippen LogP contribution in [0.2, 0.25) is 0 Å². The number of nitrogens with zero attached hydrogens (tertiary/aromatic N) is 2. The first-order chi connectivity index (χ1) is 7.15. The summed E-state index contributed by atoms with van der Waals surface area (Å²) < 4.78 is 0. The van der Waals surface area contributed by atoms with Gasteiger partial charge < -0.3 is 16.8 Å². The Kier molecular flexibility index (Phi) is 4.48. The largest absolute Gasteiger partial charge is 0.383 e. The van der Waals surface area contributed by atoms with E-state index in [-0.39, 0.29) is 5.95 Å². The van der Waals surface area contributed by atoms with E-state index in [9.17, 15) is 0 Å². The zero-order valence-corrected chi connectivity index (χ0v) is 9.84. The molecule has 5 nitrogen and oxygen atoms in total. The van der Waals surface area contributed by atoms with E-state index in [1.807, 2.05) is 0 Å². The van der Waals surface area contributed by atoms with Crippen LogP contribution in [-0.4, -0.2) is 28.0 Å². The Hall–Kier alpha value is -1.17. The van der Waals surface area contributed by atoms with E-state index in [4.69, 9.17) is 11.5 Å². The van der Waals surface area contributed by atoms with Gasteiger partial charge in [0.1, 0.15) is 11.6 Å². The summed E-state index contributed by atoms with van der Waals surface area (Å²) in [6.45, 7) is 2.13. The molecule has 1 aromatic heterocycles. The third-order valence-electron chi connectivity index (χ3n) is 1.98. The lowest BCUT2D eigenvalue weighted by Crippen LogP contribution is -2.22. The maximum atomic E-state index is 5.57. The minimum Gasteiger partial charge on any atom is -0.383 e. The van der Waals surface area contributed by atoms with E-state index in [2.05, 4.69) is 28.5 Å². The van der Waals surface area contributed by atoms with Crippen LogP contribution in [0.3, 0.4) is 0 Å². The number of rotatable bonds is 5. The third-order valence-corrected chi connectivity index (χ3v) is 2.71. The second kappa shape index (κ2) is 5.65. The lowest BCUT2D eigenvalue weighted by Gasteiger charge is -2.16. The molecular weight excluding hydrogens is 210 g/mol. The quantitative estimate of drug-likeness (QED) is 0.700. The smallest absolute Gasteiger partial charge is 0.223 e. The molecule has 0 saturated carbocycles. The summed E-state index contributed by atoms with van der Waals surface area (Å²) in [5, 5.41) is 3.28. The summed E-state index contributed by atoms with van der Waals surface area (Å²) in [7, 11) is 0. The molecule has 1 unspecified atom stereocenters. The summed E-state index contributed by atoms with van der Waals surface area (Å²) >= 11 is 1.79. The van der Waals surface area contributed by atoms with E-state index in [1.54, 1.807) is 17.8 Å². The summed E-state index contributed by atoms with van der Waals surface area (Å²) in [5.41, 5.74) is 11.1. The van der Waals surface area contributed by atoms with Gasteiger partial charge in [0.25, 0.3) is 0 Å². The van der Waals surface area contributed by atoms with Crippen LogP contribution in [0.25, 0.3) is 0 Å². The number of nitrogen functional groups attached to an aromatic ring is 2. The molecule has 84 valence electrons. The van der Waals surface area contributed by atoms with Gasteiger partial charge in [-0.15, -0.1) is 0 Å². The molecule has 6 heteroatoms. The molecular formula is C9H17N5S. The average Bonchev–Trinajstić information content (AvgIpc) is 2.15. The van der Waals surface area contributed by atoms with Crippen molar-refractivity contribution in [2.75, 3.05) is 28.8 Å². The molecule has 1 rings (SSSR count). The summed E-state index contributed by atoms with van der Waals surface area (Å²) in [6.07, 6.45) is 3.11. The molecule has 0 aliphatic rings. The second-order valence-electron chi connectivity index (χ2n) is 3.24. The van der Waals surface area contributed by atoms with E-state index < -0.39 is 0 Å². The highest BCUT2D eigenvalue weighted by molar-refractivity contribution is 7.98. The Morgan fingerprint density at radius 1 is 1.47 bits per heavy atom. The predicted molar refractivity (Wildman–Crippen MR) is 66.9 cm³/mol. The van der Waals surface area contributed by atoms with Gasteiger partial charge in [-0.2, -0.15) is 21.7 Å². The minimum atomic E-state index is 0.205. The Morgan fingerprint density at radius 2 is 2.20 bits per heavy atom. The Labute approximate surface area is 94.0 Å². The van der Waals surface area contributed by atoms with Gasteiger partial charge in [-0.1, -0.05) is 6.92 Å². The van der Waals surface area contributed by atoms with Crippen molar-refractivity contribution >= 4 is 29.3 Å². The summed E-state index contributed by atoms with van der Waals surface area (Å²) in [4.78, 5) is 7.88. The fraction of sp³-hybridized carbons (Fsp3) is 0.556.